The van der Waals surface area contributed by atoms with Crippen LogP contribution in [0.1, 0.15) is 12.0 Å². The van der Waals surface area contributed by atoms with E-state index < -0.39 is 0 Å². The average Bonchev–Trinajstić information content (AvgIpc) is 3.08. The smallest absolute Gasteiger partial charge is 0.153 e. The first-order valence-corrected chi connectivity index (χ1v) is 8.94. The van der Waals surface area contributed by atoms with Gasteiger partial charge < -0.3 is 9.64 Å². The summed E-state index contributed by atoms with van der Waals surface area (Å²) in [4.78, 5) is 4.24. The van der Waals surface area contributed by atoms with Crippen LogP contribution in [0, 0.1) is 11.3 Å². The minimum absolute atomic E-state index is 0.0163. The molecule has 1 aromatic heterocycles. The van der Waals surface area contributed by atoms with Crippen LogP contribution >= 0.6 is 0 Å². The van der Waals surface area contributed by atoms with Gasteiger partial charge in [-0.15, -0.1) is 0 Å². The molecule has 1 heterocycles. The molecule has 27 heavy (non-hydrogen) atoms. The number of nitrogens with zero attached hydrogens (tertiary/aromatic N) is 4. The van der Waals surface area contributed by atoms with Crippen molar-refractivity contribution < 1.29 is 4.74 Å². The number of hydrogen-bond donors (Lipinski definition) is 1. The maximum absolute atomic E-state index is 9.13. The maximum Gasteiger partial charge on any atom is 0.153 e. The number of benzene rings is 2. The van der Waals surface area contributed by atoms with Gasteiger partial charge in [0, 0.05) is 23.9 Å². The minimum Gasteiger partial charge on any atom is -0.475 e. The molecule has 0 aliphatic heterocycles. The molecule has 0 saturated carbocycles. The number of fused-ring (bicyclic) bond motifs is 1. The Kier molecular flexibility index (Phi) is 5.75. The fraction of sp³-hybridized carbons (Fsp3) is 0.333. The molecule has 0 bridgehead atoms. The molecule has 0 radical (unpaired) electrons. The standard InChI is InChI=1S/C21H25N5O/c1-25(2)12-11-20(26(3)4)27-17-8-6-16(7-9-17)21-18-13-15(14-22)5-10-19(18)23-24-21/h5-10,13,20H,11-12H2,1-4H3,(H,23,24). The summed E-state index contributed by atoms with van der Waals surface area (Å²) in [6, 6.07) is 15.7. The van der Waals surface area contributed by atoms with E-state index in [2.05, 4.69) is 40.2 Å². The number of nitriles is 1. The molecule has 1 unspecified atom stereocenters. The van der Waals surface area contributed by atoms with E-state index >= 15 is 0 Å². The highest BCUT2D eigenvalue weighted by Crippen LogP contribution is 2.28. The van der Waals surface area contributed by atoms with Gasteiger partial charge in [0.05, 0.1) is 22.8 Å². The highest BCUT2D eigenvalue weighted by molar-refractivity contribution is 5.93. The number of hydrogen-bond acceptors (Lipinski definition) is 5. The average molecular weight is 363 g/mol. The Labute approximate surface area is 160 Å². The molecule has 0 aliphatic carbocycles. The van der Waals surface area contributed by atoms with E-state index in [-0.39, 0.29) is 6.23 Å². The zero-order chi connectivity index (χ0) is 19.4. The summed E-state index contributed by atoms with van der Waals surface area (Å²) in [5, 5.41) is 17.5. The lowest BCUT2D eigenvalue weighted by atomic mass is 10.1. The quantitative estimate of drug-likeness (QED) is 0.652. The van der Waals surface area contributed by atoms with Crippen molar-refractivity contribution in [1.29, 1.82) is 5.26 Å². The van der Waals surface area contributed by atoms with Crippen LogP contribution in [0.3, 0.4) is 0 Å². The Balaban J connectivity index is 1.80. The topological polar surface area (TPSA) is 68.2 Å². The molecule has 2 aromatic carbocycles. The van der Waals surface area contributed by atoms with Crippen molar-refractivity contribution in [3.8, 4) is 23.1 Å². The minimum atomic E-state index is 0.0163. The van der Waals surface area contributed by atoms with Crippen molar-refractivity contribution >= 4 is 10.9 Å². The van der Waals surface area contributed by atoms with Crippen LogP contribution in [0.2, 0.25) is 0 Å². The molecular formula is C21H25N5O. The predicted molar refractivity (Wildman–Crippen MR) is 108 cm³/mol. The Hall–Kier alpha value is -2.88. The molecule has 0 saturated heterocycles. The third-order valence-electron chi connectivity index (χ3n) is 4.49. The maximum atomic E-state index is 9.13. The Morgan fingerprint density at radius 1 is 1.11 bits per heavy atom. The molecule has 0 amide bonds. The summed E-state index contributed by atoms with van der Waals surface area (Å²) in [7, 11) is 8.18. The zero-order valence-electron chi connectivity index (χ0n) is 16.2. The summed E-state index contributed by atoms with van der Waals surface area (Å²) in [5.41, 5.74) is 3.37. The highest BCUT2D eigenvalue weighted by Gasteiger charge is 2.14. The van der Waals surface area contributed by atoms with Crippen LogP contribution in [0.15, 0.2) is 42.5 Å². The summed E-state index contributed by atoms with van der Waals surface area (Å²) >= 11 is 0. The number of rotatable bonds is 7. The van der Waals surface area contributed by atoms with Gasteiger partial charge in [0.15, 0.2) is 6.23 Å². The fourth-order valence-electron chi connectivity index (χ4n) is 2.94. The van der Waals surface area contributed by atoms with Gasteiger partial charge in [0.25, 0.3) is 0 Å². The summed E-state index contributed by atoms with van der Waals surface area (Å²) in [6.07, 6.45) is 0.936. The Morgan fingerprint density at radius 3 is 2.48 bits per heavy atom. The molecule has 0 spiro atoms. The van der Waals surface area contributed by atoms with E-state index in [0.29, 0.717) is 5.56 Å². The molecule has 1 atom stereocenters. The monoisotopic (exact) mass is 363 g/mol. The van der Waals surface area contributed by atoms with Gasteiger partial charge in [0.2, 0.25) is 0 Å². The number of ether oxygens (including phenoxy) is 1. The van der Waals surface area contributed by atoms with Gasteiger partial charge in [-0.1, -0.05) is 0 Å². The molecular weight excluding hydrogens is 338 g/mol. The lowest BCUT2D eigenvalue weighted by Gasteiger charge is -2.26. The Morgan fingerprint density at radius 2 is 1.85 bits per heavy atom. The number of H-pyrrole nitrogens is 1. The molecule has 0 aliphatic rings. The SMILES string of the molecule is CN(C)CCC(Oc1ccc(-c2n[nH]c3ccc(C#N)cc23)cc1)N(C)C. The fourth-order valence-corrected chi connectivity index (χ4v) is 2.94. The van der Waals surface area contributed by atoms with Crippen molar-refractivity contribution in [2.45, 2.75) is 12.6 Å². The number of aromatic amines is 1. The van der Waals surface area contributed by atoms with Crippen molar-refractivity contribution in [2.24, 2.45) is 0 Å². The van der Waals surface area contributed by atoms with Crippen LogP contribution in [0.25, 0.3) is 22.2 Å². The van der Waals surface area contributed by atoms with Crippen LogP contribution < -0.4 is 4.74 Å². The van der Waals surface area contributed by atoms with E-state index in [1.54, 1.807) is 6.07 Å². The first-order chi connectivity index (χ1) is 13.0. The van der Waals surface area contributed by atoms with Gasteiger partial charge >= 0.3 is 0 Å². The van der Waals surface area contributed by atoms with Gasteiger partial charge in [0.1, 0.15) is 5.75 Å². The van der Waals surface area contributed by atoms with Gasteiger partial charge in [-0.2, -0.15) is 10.4 Å². The summed E-state index contributed by atoms with van der Waals surface area (Å²) in [5.74, 6) is 0.828. The number of aromatic nitrogens is 2. The third-order valence-corrected chi connectivity index (χ3v) is 4.49. The van der Waals surface area contributed by atoms with Gasteiger partial charge in [-0.05, 0) is 70.7 Å². The lowest BCUT2D eigenvalue weighted by molar-refractivity contribution is 0.0508. The van der Waals surface area contributed by atoms with Crippen molar-refractivity contribution in [2.75, 3.05) is 34.7 Å². The summed E-state index contributed by atoms with van der Waals surface area (Å²) < 4.78 is 6.15. The lowest BCUT2D eigenvalue weighted by Crippen LogP contribution is -2.36. The van der Waals surface area contributed by atoms with E-state index in [1.165, 1.54) is 0 Å². The van der Waals surface area contributed by atoms with Crippen molar-refractivity contribution in [1.82, 2.24) is 20.0 Å². The highest BCUT2D eigenvalue weighted by atomic mass is 16.5. The predicted octanol–water partition coefficient (Wildman–Crippen LogP) is 3.32. The molecule has 140 valence electrons. The second-order valence-electron chi connectivity index (χ2n) is 7.10. The van der Waals surface area contributed by atoms with E-state index in [4.69, 9.17) is 10.00 Å². The first-order valence-electron chi connectivity index (χ1n) is 8.94. The van der Waals surface area contributed by atoms with Crippen LogP contribution in [0.4, 0.5) is 0 Å². The Bertz CT molecular complexity index is 937. The largest absolute Gasteiger partial charge is 0.475 e. The molecule has 6 nitrogen and oxygen atoms in total. The normalized spacial score (nSPS) is 12.5. The van der Waals surface area contributed by atoms with E-state index in [9.17, 15) is 0 Å². The first kappa shape index (κ1) is 18.9. The van der Waals surface area contributed by atoms with E-state index in [0.717, 1.165) is 40.9 Å². The molecule has 1 N–H and O–H groups in total. The molecule has 3 aromatic rings. The molecule has 3 rings (SSSR count). The number of nitrogens with one attached hydrogen (secondary N) is 1. The van der Waals surface area contributed by atoms with Crippen LogP contribution in [0.5, 0.6) is 5.75 Å². The van der Waals surface area contributed by atoms with Crippen LogP contribution in [-0.4, -0.2) is 61.0 Å². The van der Waals surface area contributed by atoms with Gasteiger partial charge in [-0.3, -0.25) is 10.00 Å². The van der Waals surface area contributed by atoms with Crippen molar-refractivity contribution in [3.63, 3.8) is 0 Å². The molecule has 6 heteroatoms. The second kappa shape index (κ2) is 8.21. The van der Waals surface area contributed by atoms with Crippen LogP contribution in [-0.2, 0) is 0 Å². The van der Waals surface area contributed by atoms with E-state index in [1.807, 2.05) is 50.5 Å². The summed E-state index contributed by atoms with van der Waals surface area (Å²) in [6.45, 7) is 0.960. The molecule has 0 fully saturated rings. The zero-order valence-corrected chi connectivity index (χ0v) is 16.2. The van der Waals surface area contributed by atoms with Gasteiger partial charge in [-0.25, -0.2) is 0 Å². The third kappa shape index (κ3) is 4.45. The second-order valence-corrected chi connectivity index (χ2v) is 7.10. The van der Waals surface area contributed by atoms with Crippen molar-refractivity contribution in [3.05, 3.63) is 48.0 Å².